The van der Waals surface area contributed by atoms with E-state index in [2.05, 4.69) is 6.07 Å². The fourth-order valence-electron chi connectivity index (χ4n) is 4.85. The molecule has 2 saturated heterocycles. The second kappa shape index (κ2) is 9.73. The van der Waals surface area contributed by atoms with E-state index in [1.165, 1.54) is 24.0 Å². The van der Waals surface area contributed by atoms with Crippen molar-refractivity contribution in [3.63, 3.8) is 0 Å². The van der Waals surface area contributed by atoms with Gasteiger partial charge in [0, 0.05) is 50.5 Å². The zero-order valence-corrected chi connectivity index (χ0v) is 17.7. The zero-order valence-electron chi connectivity index (χ0n) is 17.7. The maximum atomic E-state index is 12.6. The van der Waals surface area contributed by atoms with E-state index < -0.39 is 0 Å². The van der Waals surface area contributed by atoms with Gasteiger partial charge in [-0.15, -0.1) is 0 Å². The topological polar surface area (TPSA) is 66.9 Å². The number of rotatable bonds is 5. The van der Waals surface area contributed by atoms with Crippen LogP contribution in [-0.4, -0.2) is 66.8 Å². The Morgan fingerprint density at radius 1 is 0.867 bits per heavy atom. The smallest absolute Gasteiger partial charge is 0.225 e. The van der Waals surface area contributed by atoms with Crippen LogP contribution in [0.2, 0.25) is 0 Å². The van der Waals surface area contributed by atoms with E-state index in [1.807, 2.05) is 21.9 Å². The Balaban J connectivity index is 1.23. The number of morpholine rings is 1. The quantitative estimate of drug-likeness (QED) is 0.698. The third kappa shape index (κ3) is 4.91. The minimum Gasteiger partial charge on any atom is -0.378 e. The van der Waals surface area contributed by atoms with E-state index in [0.29, 0.717) is 52.2 Å². The summed E-state index contributed by atoms with van der Waals surface area (Å²) in [6.45, 7) is 3.77. The van der Waals surface area contributed by atoms with Crippen molar-refractivity contribution in [2.24, 2.45) is 5.92 Å². The van der Waals surface area contributed by atoms with E-state index in [-0.39, 0.29) is 36.4 Å². The Labute approximate surface area is 178 Å². The third-order valence-electron chi connectivity index (χ3n) is 6.76. The van der Waals surface area contributed by atoms with Gasteiger partial charge in [-0.25, -0.2) is 0 Å². The molecule has 1 aromatic rings. The van der Waals surface area contributed by atoms with Gasteiger partial charge in [-0.1, -0.05) is 12.1 Å². The molecule has 3 aliphatic rings. The van der Waals surface area contributed by atoms with Crippen LogP contribution in [0.5, 0.6) is 0 Å². The number of hydrogen-bond donors (Lipinski definition) is 0. The summed E-state index contributed by atoms with van der Waals surface area (Å²) < 4.78 is 5.32. The summed E-state index contributed by atoms with van der Waals surface area (Å²) in [4.78, 5) is 41.5. The van der Waals surface area contributed by atoms with Crippen molar-refractivity contribution in [3.8, 4) is 0 Å². The van der Waals surface area contributed by atoms with Crippen molar-refractivity contribution in [2.75, 3.05) is 39.4 Å². The minimum absolute atomic E-state index is 0.00396. The minimum atomic E-state index is 0.00396. The van der Waals surface area contributed by atoms with Crippen LogP contribution in [0.25, 0.3) is 0 Å². The molecule has 30 heavy (non-hydrogen) atoms. The molecule has 6 heteroatoms. The van der Waals surface area contributed by atoms with E-state index in [9.17, 15) is 14.4 Å². The van der Waals surface area contributed by atoms with Crippen LogP contribution in [-0.2, 0) is 27.2 Å². The second-order valence-electron chi connectivity index (χ2n) is 8.71. The number of piperidine rings is 1. The van der Waals surface area contributed by atoms with Gasteiger partial charge in [0.15, 0.2) is 5.78 Å². The lowest BCUT2D eigenvalue weighted by Crippen LogP contribution is -2.47. The first-order chi connectivity index (χ1) is 14.6. The second-order valence-corrected chi connectivity index (χ2v) is 8.71. The number of benzene rings is 1. The number of Topliss-reactive ketones (excluding diaryl/α,β-unsaturated/α-hetero) is 1. The summed E-state index contributed by atoms with van der Waals surface area (Å²) >= 11 is 0. The van der Waals surface area contributed by atoms with Gasteiger partial charge in [-0.3, -0.25) is 14.4 Å². The molecule has 0 radical (unpaired) electrons. The number of hydrogen-bond acceptors (Lipinski definition) is 4. The molecule has 0 aromatic heterocycles. The van der Waals surface area contributed by atoms with Crippen molar-refractivity contribution >= 4 is 17.6 Å². The Kier molecular flexibility index (Phi) is 6.82. The molecule has 2 fully saturated rings. The molecule has 2 amide bonds. The average Bonchev–Trinajstić information content (AvgIpc) is 2.82. The number of ketones is 1. The Morgan fingerprint density at radius 2 is 1.57 bits per heavy atom. The average molecular weight is 413 g/mol. The highest BCUT2D eigenvalue weighted by molar-refractivity contribution is 5.98. The fraction of sp³-hybridized carbons (Fsp3) is 0.625. The van der Waals surface area contributed by atoms with E-state index in [1.54, 1.807) is 0 Å². The van der Waals surface area contributed by atoms with Crippen LogP contribution in [0, 0.1) is 5.92 Å². The molecule has 0 unspecified atom stereocenters. The maximum Gasteiger partial charge on any atom is 0.225 e. The number of carbonyl (C=O) groups is 3. The standard InChI is InChI=1S/C24H32N2O4/c27-22(21-6-5-18-3-1-2-4-20(18)17-21)7-8-23(28)25-11-9-19(10-12-25)24(29)26-13-15-30-16-14-26/h5-6,17,19H,1-4,7-16H2. The first-order valence-corrected chi connectivity index (χ1v) is 11.4. The number of fused-ring (bicyclic) bond motifs is 1. The zero-order chi connectivity index (χ0) is 20.9. The van der Waals surface area contributed by atoms with Gasteiger partial charge in [-0.2, -0.15) is 0 Å². The van der Waals surface area contributed by atoms with Gasteiger partial charge in [0.05, 0.1) is 13.2 Å². The number of aryl methyl sites for hydroxylation is 2. The van der Waals surface area contributed by atoms with Gasteiger partial charge in [0.2, 0.25) is 11.8 Å². The van der Waals surface area contributed by atoms with Crippen molar-refractivity contribution in [2.45, 2.75) is 51.4 Å². The molecule has 162 valence electrons. The molecule has 0 N–H and O–H groups in total. The van der Waals surface area contributed by atoms with Crippen molar-refractivity contribution in [1.82, 2.24) is 9.80 Å². The monoisotopic (exact) mass is 412 g/mol. The summed E-state index contributed by atoms with van der Waals surface area (Å²) in [5.41, 5.74) is 3.40. The molecule has 0 saturated carbocycles. The molecule has 4 rings (SSSR count). The maximum absolute atomic E-state index is 12.6. The SMILES string of the molecule is O=C(CCC(=O)N1CCC(C(=O)N2CCOCC2)CC1)c1ccc2c(c1)CCCC2. The molecular weight excluding hydrogens is 380 g/mol. The fourth-order valence-corrected chi connectivity index (χ4v) is 4.85. The third-order valence-corrected chi connectivity index (χ3v) is 6.76. The molecule has 1 aliphatic carbocycles. The highest BCUT2D eigenvalue weighted by Crippen LogP contribution is 2.24. The highest BCUT2D eigenvalue weighted by atomic mass is 16.5. The number of carbonyl (C=O) groups excluding carboxylic acids is 3. The molecule has 0 spiro atoms. The van der Waals surface area contributed by atoms with Gasteiger partial charge >= 0.3 is 0 Å². The van der Waals surface area contributed by atoms with Crippen molar-refractivity contribution in [1.29, 1.82) is 0 Å². The molecular formula is C24H32N2O4. The number of nitrogens with zero attached hydrogens (tertiary/aromatic N) is 2. The summed E-state index contributed by atoms with van der Waals surface area (Å²) in [6, 6.07) is 6.03. The Hall–Kier alpha value is -2.21. The highest BCUT2D eigenvalue weighted by Gasteiger charge is 2.30. The van der Waals surface area contributed by atoms with E-state index >= 15 is 0 Å². The summed E-state index contributed by atoms with van der Waals surface area (Å²) in [7, 11) is 0. The lowest BCUT2D eigenvalue weighted by molar-refractivity contribution is -0.143. The molecule has 6 nitrogen and oxygen atoms in total. The Bertz CT molecular complexity index is 792. The lowest BCUT2D eigenvalue weighted by Gasteiger charge is -2.35. The molecule has 2 aliphatic heterocycles. The van der Waals surface area contributed by atoms with Gasteiger partial charge < -0.3 is 14.5 Å². The molecule has 1 aromatic carbocycles. The van der Waals surface area contributed by atoms with Crippen LogP contribution in [0.15, 0.2) is 18.2 Å². The first kappa shape index (κ1) is 21.0. The predicted octanol–water partition coefficient (Wildman–Crippen LogP) is 2.63. The van der Waals surface area contributed by atoms with Crippen LogP contribution in [0.4, 0.5) is 0 Å². The van der Waals surface area contributed by atoms with Crippen molar-refractivity contribution in [3.05, 3.63) is 34.9 Å². The van der Waals surface area contributed by atoms with E-state index in [4.69, 9.17) is 4.74 Å². The summed E-state index contributed by atoms with van der Waals surface area (Å²) in [5.74, 6) is 0.282. The van der Waals surface area contributed by atoms with Crippen LogP contribution >= 0.6 is 0 Å². The number of ether oxygens (including phenoxy) is 1. The van der Waals surface area contributed by atoms with Crippen molar-refractivity contribution < 1.29 is 19.1 Å². The summed E-state index contributed by atoms with van der Waals surface area (Å²) in [6.07, 6.45) is 6.49. The predicted molar refractivity (Wildman–Crippen MR) is 113 cm³/mol. The van der Waals surface area contributed by atoms with Crippen LogP contribution in [0.1, 0.15) is 60.0 Å². The molecule has 0 atom stereocenters. The first-order valence-electron chi connectivity index (χ1n) is 11.4. The van der Waals surface area contributed by atoms with Crippen LogP contribution < -0.4 is 0 Å². The van der Waals surface area contributed by atoms with E-state index in [0.717, 1.165) is 18.4 Å². The Morgan fingerprint density at radius 3 is 2.30 bits per heavy atom. The summed E-state index contributed by atoms with van der Waals surface area (Å²) in [5, 5.41) is 0. The molecule has 0 bridgehead atoms. The molecule has 2 heterocycles. The lowest BCUT2D eigenvalue weighted by atomic mass is 9.89. The van der Waals surface area contributed by atoms with Gasteiger partial charge in [0.1, 0.15) is 0 Å². The van der Waals surface area contributed by atoms with Crippen LogP contribution in [0.3, 0.4) is 0 Å². The largest absolute Gasteiger partial charge is 0.378 e. The number of likely N-dealkylation sites (tertiary alicyclic amines) is 1. The van der Waals surface area contributed by atoms with Gasteiger partial charge in [0.25, 0.3) is 0 Å². The van der Waals surface area contributed by atoms with Gasteiger partial charge in [-0.05, 0) is 55.7 Å². The number of amides is 2. The normalized spacial score (nSPS) is 20.0.